The highest BCUT2D eigenvalue weighted by molar-refractivity contribution is 6.27. The molecule has 2 rings (SSSR count). The molecule has 0 spiro atoms. The van der Waals surface area contributed by atoms with Gasteiger partial charge in [-0.25, -0.2) is 0 Å². The number of halogens is 1. The zero-order chi connectivity index (χ0) is 12.8. The molecule has 1 saturated carbocycles. The Balaban J connectivity index is 2.14. The first-order valence-corrected chi connectivity index (χ1v) is 7.25. The molecule has 18 heavy (non-hydrogen) atoms. The highest BCUT2D eigenvalue weighted by atomic mass is 35.5. The number of rotatable bonds is 4. The second-order valence-electron chi connectivity index (χ2n) is 4.99. The fraction of sp³-hybridized carbons (Fsp3) is 0.533. The van der Waals surface area contributed by atoms with Crippen molar-refractivity contribution < 1.29 is 4.79 Å². The van der Waals surface area contributed by atoms with E-state index in [4.69, 9.17) is 11.6 Å². The van der Waals surface area contributed by atoms with Crippen LogP contribution in [0.5, 0.6) is 0 Å². The molecule has 1 N–H and O–H groups in total. The van der Waals surface area contributed by atoms with E-state index in [0.29, 0.717) is 5.92 Å². The first-order chi connectivity index (χ1) is 8.81. The van der Waals surface area contributed by atoms with Gasteiger partial charge in [0.25, 0.3) is 0 Å². The van der Waals surface area contributed by atoms with E-state index < -0.39 is 0 Å². The summed E-state index contributed by atoms with van der Waals surface area (Å²) in [6.07, 6.45) is 6.25. The molecule has 2 nitrogen and oxygen atoms in total. The second kappa shape index (κ2) is 6.79. The molecule has 0 aliphatic heterocycles. The lowest BCUT2D eigenvalue weighted by Gasteiger charge is -2.31. The first-order valence-electron chi connectivity index (χ1n) is 6.71. The zero-order valence-corrected chi connectivity index (χ0v) is 11.3. The minimum atomic E-state index is -0.0731. The Morgan fingerprint density at radius 1 is 1.22 bits per heavy atom. The average molecular weight is 266 g/mol. The van der Waals surface area contributed by atoms with Crippen molar-refractivity contribution in [1.82, 2.24) is 5.32 Å². The first kappa shape index (κ1) is 13.4. The number of benzene rings is 1. The summed E-state index contributed by atoms with van der Waals surface area (Å²) >= 11 is 5.61. The van der Waals surface area contributed by atoms with Crippen LogP contribution in [0.15, 0.2) is 30.3 Å². The van der Waals surface area contributed by atoms with Crippen LogP contribution in [0.3, 0.4) is 0 Å². The van der Waals surface area contributed by atoms with Gasteiger partial charge in [0, 0.05) is 0 Å². The minimum absolute atomic E-state index is 0.0378. The molecule has 98 valence electrons. The van der Waals surface area contributed by atoms with Gasteiger partial charge >= 0.3 is 0 Å². The molecule has 0 bridgehead atoms. The van der Waals surface area contributed by atoms with Gasteiger partial charge < -0.3 is 5.32 Å². The number of hydrogen-bond donors (Lipinski definition) is 1. The van der Waals surface area contributed by atoms with Crippen molar-refractivity contribution in [3.63, 3.8) is 0 Å². The van der Waals surface area contributed by atoms with Gasteiger partial charge in [0.2, 0.25) is 5.91 Å². The predicted molar refractivity (Wildman–Crippen MR) is 74.6 cm³/mol. The highest BCUT2D eigenvalue weighted by Crippen LogP contribution is 2.34. The monoisotopic (exact) mass is 265 g/mol. The summed E-state index contributed by atoms with van der Waals surface area (Å²) in [5.74, 6) is 0.514. The van der Waals surface area contributed by atoms with Gasteiger partial charge in [-0.1, -0.05) is 49.6 Å². The molecule has 0 aromatic heterocycles. The van der Waals surface area contributed by atoms with Crippen LogP contribution in [0.1, 0.15) is 43.7 Å². The normalized spacial score (nSPS) is 18.3. The number of amides is 1. The number of alkyl halides is 1. The molecular formula is C15H20ClNO. The standard InChI is InChI=1S/C15H20ClNO/c16-11-14(18)17-15(12-7-3-1-4-8-12)13-9-5-2-6-10-13/h1,3-4,7-8,13,15H,2,5-6,9-11H2,(H,17,18)/t15-/m1/s1. The number of nitrogens with one attached hydrogen (secondary N) is 1. The van der Waals surface area contributed by atoms with E-state index in [1.54, 1.807) is 0 Å². The van der Waals surface area contributed by atoms with Gasteiger partial charge in [0.15, 0.2) is 0 Å². The molecule has 1 aromatic rings. The smallest absolute Gasteiger partial charge is 0.235 e. The van der Waals surface area contributed by atoms with Crippen LogP contribution >= 0.6 is 11.6 Å². The van der Waals surface area contributed by atoms with Crippen LogP contribution in [-0.4, -0.2) is 11.8 Å². The molecule has 0 unspecified atom stereocenters. The highest BCUT2D eigenvalue weighted by Gasteiger charge is 2.25. The largest absolute Gasteiger partial charge is 0.348 e. The maximum Gasteiger partial charge on any atom is 0.235 e. The van der Waals surface area contributed by atoms with Gasteiger partial charge in [0.05, 0.1) is 6.04 Å². The van der Waals surface area contributed by atoms with Gasteiger partial charge in [-0.2, -0.15) is 0 Å². The SMILES string of the molecule is O=C(CCl)N[C@H](c1ccccc1)C1CCCCC1. The van der Waals surface area contributed by atoms with Crippen molar-refractivity contribution in [2.24, 2.45) is 5.92 Å². The van der Waals surface area contributed by atoms with E-state index in [2.05, 4.69) is 17.4 Å². The summed E-state index contributed by atoms with van der Waals surface area (Å²) < 4.78 is 0. The average Bonchev–Trinajstić information content (AvgIpc) is 2.46. The van der Waals surface area contributed by atoms with E-state index in [1.807, 2.05) is 18.2 Å². The molecule has 1 aliphatic carbocycles. The topological polar surface area (TPSA) is 29.1 Å². The van der Waals surface area contributed by atoms with E-state index in [1.165, 1.54) is 37.7 Å². The Bertz CT molecular complexity index is 373. The van der Waals surface area contributed by atoms with Crippen LogP contribution in [0.2, 0.25) is 0 Å². The van der Waals surface area contributed by atoms with Crippen molar-refractivity contribution in [1.29, 1.82) is 0 Å². The van der Waals surface area contributed by atoms with Crippen molar-refractivity contribution >= 4 is 17.5 Å². The van der Waals surface area contributed by atoms with Crippen LogP contribution in [0.4, 0.5) is 0 Å². The van der Waals surface area contributed by atoms with Crippen LogP contribution in [-0.2, 0) is 4.79 Å². The maximum absolute atomic E-state index is 11.6. The Hall–Kier alpha value is -1.02. The maximum atomic E-state index is 11.6. The summed E-state index contributed by atoms with van der Waals surface area (Å²) in [4.78, 5) is 11.6. The van der Waals surface area contributed by atoms with Crippen molar-refractivity contribution in [2.75, 3.05) is 5.88 Å². The molecular weight excluding hydrogens is 246 g/mol. The van der Waals surface area contributed by atoms with Gasteiger partial charge in [-0.3, -0.25) is 4.79 Å². The van der Waals surface area contributed by atoms with Crippen molar-refractivity contribution in [2.45, 2.75) is 38.1 Å². The van der Waals surface area contributed by atoms with E-state index in [9.17, 15) is 4.79 Å². The Labute approximate surface area is 114 Å². The molecule has 1 aromatic carbocycles. The van der Waals surface area contributed by atoms with Gasteiger partial charge in [0.1, 0.15) is 5.88 Å². The minimum Gasteiger partial charge on any atom is -0.348 e. The van der Waals surface area contributed by atoms with Gasteiger partial charge in [-0.05, 0) is 24.3 Å². The van der Waals surface area contributed by atoms with E-state index >= 15 is 0 Å². The third-order valence-electron chi connectivity index (χ3n) is 3.72. The molecule has 0 radical (unpaired) electrons. The third kappa shape index (κ3) is 3.49. The molecule has 1 aliphatic rings. The molecule has 3 heteroatoms. The number of hydrogen-bond acceptors (Lipinski definition) is 1. The Kier molecular flexibility index (Phi) is 5.06. The fourth-order valence-electron chi connectivity index (χ4n) is 2.81. The van der Waals surface area contributed by atoms with Gasteiger partial charge in [-0.15, -0.1) is 11.6 Å². The fourth-order valence-corrected chi connectivity index (χ4v) is 2.89. The molecule has 1 fully saturated rings. The number of carbonyl (C=O) groups is 1. The number of carbonyl (C=O) groups excluding carboxylic acids is 1. The summed E-state index contributed by atoms with van der Waals surface area (Å²) in [7, 11) is 0. The second-order valence-corrected chi connectivity index (χ2v) is 5.25. The van der Waals surface area contributed by atoms with Crippen molar-refractivity contribution in [3.8, 4) is 0 Å². The molecule has 1 atom stereocenters. The lowest BCUT2D eigenvalue weighted by Crippen LogP contribution is -2.35. The quantitative estimate of drug-likeness (QED) is 0.827. The summed E-state index contributed by atoms with van der Waals surface area (Å²) in [6.45, 7) is 0. The third-order valence-corrected chi connectivity index (χ3v) is 3.96. The zero-order valence-electron chi connectivity index (χ0n) is 10.6. The van der Waals surface area contributed by atoms with E-state index in [0.717, 1.165) is 0 Å². The summed E-state index contributed by atoms with van der Waals surface area (Å²) in [6, 6.07) is 10.4. The lowest BCUT2D eigenvalue weighted by molar-refractivity contribution is -0.119. The predicted octanol–water partition coefficient (Wildman–Crippen LogP) is 3.66. The summed E-state index contributed by atoms with van der Waals surface area (Å²) in [5.41, 5.74) is 1.20. The molecule has 0 heterocycles. The molecule has 0 saturated heterocycles. The van der Waals surface area contributed by atoms with Crippen LogP contribution < -0.4 is 5.32 Å². The van der Waals surface area contributed by atoms with Crippen LogP contribution in [0, 0.1) is 5.92 Å². The Morgan fingerprint density at radius 2 is 1.89 bits per heavy atom. The molecule has 1 amide bonds. The summed E-state index contributed by atoms with van der Waals surface area (Å²) in [5, 5.41) is 3.08. The van der Waals surface area contributed by atoms with Crippen LogP contribution in [0.25, 0.3) is 0 Å². The van der Waals surface area contributed by atoms with E-state index in [-0.39, 0.29) is 17.8 Å². The van der Waals surface area contributed by atoms with Crippen molar-refractivity contribution in [3.05, 3.63) is 35.9 Å². The Morgan fingerprint density at radius 3 is 2.50 bits per heavy atom. The lowest BCUT2D eigenvalue weighted by atomic mass is 9.81.